The van der Waals surface area contributed by atoms with Crippen molar-refractivity contribution in [3.8, 4) is 11.5 Å². The Balaban J connectivity index is 1.70. The van der Waals surface area contributed by atoms with E-state index >= 15 is 0 Å². The van der Waals surface area contributed by atoms with E-state index < -0.39 is 0 Å². The van der Waals surface area contributed by atoms with E-state index in [0.717, 1.165) is 12.2 Å². The number of aromatic nitrogens is 2. The van der Waals surface area contributed by atoms with Crippen molar-refractivity contribution in [2.24, 2.45) is 0 Å². The Morgan fingerprint density at radius 2 is 2.14 bits per heavy atom. The second kappa shape index (κ2) is 5.45. The number of anilines is 1. The molecule has 0 atom stereocenters. The fraction of sp³-hybridized carbons (Fsp3) is 0.286. The first kappa shape index (κ1) is 13.4. The van der Waals surface area contributed by atoms with E-state index in [1.54, 1.807) is 18.2 Å². The molecule has 0 bridgehead atoms. The Kier molecular flexibility index (Phi) is 3.49. The summed E-state index contributed by atoms with van der Waals surface area (Å²) in [6.45, 7) is 0.917. The number of H-pyrrole nitrogens is 1. The van der Waals surface area contributed by atoms with Gasteiger partial charge in [0.05, 0.1) is 5.69 Å². The fourth-order valence-corrected chi connectivity index (χ4v) is 2.07. The van der Waals surface area contributed by atoms with E-state index in [2.05, 4.69) is 15.5 Å². The van der Waals surface area contributed by atoms with Gasteiger partial charge in [-0.1, -0.05) is 0 Å². The van der Waals surface area contributed by atoms with Crippen LogP contribution in [-0.4, -0.2) is 41.9 Å². The highest BCUT2D eigenvalue weighted by Gasteiger charge is 2.16. The lowest BCUT2D eigenvalue weighted by Crippen LogP contribution is -2.12. The van der Waals surface area contributed by atoms with Crippen LogP contribution in [0.1, 0.15) is 16.1 Å². The Bertz CT molecular complexity index is 666. The molecule has 2 aromatic rings. The number of aromatic amines is 1. The van der Waals surface area contributed by atoms with Gasteiger partial charge in [-0.15, -0.1) is 0 Å². The van der Waals surface area contributed by atoms with Crippen molar-refractivity contribution in [1.82, 2.24) is 15.1 Å². The van der Waals surface area contributed by atoms with Crippen molar-refractivity contribution in [1.29, 1.82) is 0 Å². The molecule has 1 aliphatic heterocycles. The van der Waals surface area contributed by atoms with E-state index in [0.29, 0.717) is 22.9 Å². The van der Waals surface area contributed by atoms with Crippen LogP contribution in [0.5, 0.6) is 11.5 Å². The zero-order valence-corrected chi connectivity index (χ0v) is 11.8. The van der Waals surface area contributed by atoms with Gasteiger partial charge in [-0.25, -0.2) is 0 Å². The molecule has 0 unspecified atom stereocenters. The summed E-state index contributed by atoms with van der Waals surface area (Å²) in [5.41, 5.74) is 1.43. The van der Waals surface area contributed by atoms with Gasteiger partial charge in [-0.2, -0.15) is 5.10 Å². The molecule has 3 rings (SSSR count). The highest BCUT2D eigenvalue weighted by Crippen LogP contribution is 2.32. The molecule has 0 saturated heterocycles. The van der Waals surface area contributed by atoms with Gasteiger partial charge in [-0.05, 0) is 32.3 Å². The van der Waals surface area contributed by atoms with E-state index in [4.69, 9.17) is 9.47 Å². The normalized spacial score (nSPS) is 12.7. The molecule has 2 N–H and O–H groups in total. The van der Waals surface area contributed by atoms with Gasteiger partial charge in [0.15, 0.2) is 17.3 Å². The van der Waals surface area contributed by atoms with Crippen molar-refractivity contribution in [2.45, 2.75) is 6.54 Å². The summed E-state index contributed by atoms with van der Waals surface area (Å²) >= 11 is 0. The SMILES string of the molecule is CN(C)Cc1cc(NC(=O)c2ccc3c(c2)OCO3)n[nH]1. The van der Waals surface area contributed by atoms with Gasteiger partial charge < -0.3 is 19.7 Å². The Morgan fingerprint density at radius 3 is 2.95 bits per heavy atom. The van der Waals surface area contributed by atoms with Crippen LogP contribution in [0.4, 0.5) is 5.82 Å². The topological polar surface area (TPSA) is 79.5 Å². The van der Waals surface area contributed by atoms with Crippen molar-refractivity contribution in [3.63, 3.8) is 0 Å². The number of hydrogen-bond acceptors (Lipinski definition) is 5. The molecule has 110 valence electrons. The van der Waals surface area contributed by atoms with Crippen LogP contribution in [0.2, 0.25) is 0 Å². The maximum Gasteiger partial charge on any atom is 0.257 e. The maximum atomic E-state index is 12.2. The highest BCUT2D eigenvalue weighted by molar-refractivity contribution is 6.04. The van der Waals surface area contributed by atoms with Crippen molar-refractivity contribution < 1.29 is 14.3 Å². The maximum absolute atomic E-state index is 12.2. The summed E-state index contributed by atoms with van der Waals surface area (Å²) in [5.74, 6) is 1.49. The number of amides is 1. The molecule has 7 heteroatoms. The third kappa shape index (κ3) is 2.97. The summed E-state index contributed by atoms with van der Waals surface area (Å²) in [6.07, 6.45) is 0. The van der Waals surface area contributed by atoms with Crippen molar-refractivity contribution in [3.05, 3.63) is 35.5 Å². The first-order valence-electron chi connectivity index (χ1n) is 6.52. The van der Waals surface area contributed by atoms with Crippen molar-refractivity contribution >= 4 is 11.7 Å². The first-order chi connectivity index (χ1) is 10.1. The molecule has 0 saturated carbocycles. The van der Waals surface area contributed by atoms with Crippen LogP contribution >= 0.6 is 0 Å². The summed E-state index contributed by atoms with van der Waals surface area (Å²) in [5, 5.41) is 9.70. The Hall–Kier alpha value is -2.54. The van der Waals surface area contributed by atoms with Gasteiger partial charge in [0.2, 0.25) is 6.79 Å². The van der Waals surface area contributed by atoms with Gasteiger partial charge in [0.25, 0.3) is 5.91 Å². The number of hydrogen-bond donors (Lipinski definition) is 2. The van der Waals surface area contributed by atoms with Crippen LogP contribution in [0.25, 0.3) is 0 Å². The zero-order valence-electron chi connectivity index (χ0n) is 11.8. The molecule has 1 aliphatic rings. The van der Waals surface area contributed by atoms with Crippen LogP contribution in [0.3, 0.4) is 0 Å². The lowest BCUT2D eigenvalue weighted by molar-refractivity contribution is 0.102. The number of nitrogens with one attached hydrogen (secondary N) is 2. The predicted octanol–water partition coefficient (Wildman–Crippen LogP) is 1.45. The lowest BCUT2D eigenvalue weighted by atomic mass is 10.2. The largest absolute Gasteiger partial charge is 0.454 e. The standard InChI is InChI=1S/C14H16N4O3/c1-18(2)7-10-6-13(17-16-10)15-14(19)9-3-4-11-12(5-9)21-8-20-11/h3-6H,7-8H2,1-2H3,(H2,15,16,17,19). The zero-order chi connectivity index (χ0) is 14.8. The third-order valence-electron chi connectivity index (χ3n) is 2.99. The van der Waals surface area contributed by atoms with E-state index in [9.17, 15) is 4.79 Å². The number of ether oxygens (including phenoxy) is 2. The van der Waals surface area contributed by atoms with Crippen LogP contribution in [-0.2, 0) is 6.54 Å². The molecule has 21 heavy (non-hydrogen) atoms. The van der Waals surface area contributed by atoms with E-state index in [1.165, 1.54) is 0 Å². The van der Waals surface area contributed by atoms with E-state index in [-0.39, 0.29) is 12.7 Å². The second-order valence-electron chi connectivity index (χ2n) is 5.04. The molecule has 1 amide bonds. The number of fused-ring (bicyclic) bond motifs is 1. The van der Waals surface area contributed by atoms with Gasteiger partial charge in [0, 0.05) is 18.2 Å². The molecule has 1 aromatic carbocycles. The summed E-state index contributed by atoms with van der Waals surface area (Å²) < 4.78 is 10.5. The molecule has 0 spiro atoms. The highest BCUT2D eigenvalue weighted by atomic mass is 16.7. The minimum Gasteiger partial charge on any atom is -0.454 e. The molecular formula is C14H16N4O3. The quantitative estimate of drug-likeness (QED) is 0.890. The van der Waals surface area contributed by atoms with Crippen molar-refractivity contribution in [2.75, 3.05) is 26.2 Å². The number of benzene rings is 1. The molecule has 0 fully saturated rings. The first-order valence-corrected chi connectivity index (χ1v) is 6.52. The second-order valence-corrected chi connectivity index (χ2v) is 5.04. The summed E-state index contributed by atoms with van der Waals surface area (Å²) in [7, 11) is 3.93. The predicted molar refractivity (Wildman–Crippen MR) is 76.5 cm³/mol. The van der Waals surface area contributed by atoms with Gasteiger partial charge in [0.1, 0.15) is 0 Å². The summed E-state index contributed by atoms with van der Waals surface area (Å²) in [4.78, 5) is 14.2. The monoisotopic (exact) mass is 288 g/mol. The van der Waals surface area contributed by atoms with E-state index in [1.807, 2.05) is 25.1 Å². The van der Waals surface area contributed by atoms with Gasteiger partial charge in [-0.3, -0.25) is 9.89 Å². The van der Waals surface area contributed by atoms with Crippen LogP contribution in [0, 0.1) is 0 Å². The van der Waals surface area contributed by atoms with Crippen LogP contribution in [0.15, 0.2) is 24.3 Å². The third-order valence-corrected chi connectivity index (χ3v) is 2.99. The Labute approximate surface area is 121 Å². The molecule has 0 aliphatic carbocycles. The number of carbonyl (C=O) groups is 1. The molecule has 1 aromatic heterocycles. The number of nitrogens with zero attached hydrogens (tertiary/aromatic N) is 2. The molecule has 0 radical (unpaired) electrons. The smallest absolute Gasteiger partial charge is 0.257 e. The average Bonchev–Trinajstić information content (AvgIpc) is 3.06. The van der Waals surface area contributed by atoms with Crippen LogP contribution < -0.4 is 14.8 Å². The minimum absolute atomic E-state index is 0.188. The Morgan fingerprint density at radius 1 is 1.33 bits per heavy atom. The molecule has 2 heterocycles. The number of rotatable bonds is 4. The van der Waals surface area contributed by atoms with Gasteiger partial charge >= 0.3 is 0 Å². The summed E-state index contributed by atoms with van der Waals surface area (Å²) in [6, 6.07) is 6.88. The number of carbonyl (C=O) groups excluding carboxylic acids is 1. The average molecular weight is 288 g/mol. The molecule has 7 nitrogen and oxygen atoms in total. The lowest BCUT2D eigenvalue weighted by Gasteiger charge is -2.05. The molecular weight excluding hydrogens is 272 g/mol. The minimum atomic E-state index is -0.240. The fourth-order valence-electron chi connectivity index (χ4n) is 2.07.